The third-order valence-electron chi connectivity index (χ3n) is 2.34. The minimum Gasteiger partial charge on any atom is -0.478 e. The normalized spacial score (nSPS) is 10.5. The average molecular weight is 234 g/mol. The van der Waals surface area contributed by atoms with E-state index in [1.807, 2.05) is 6.92 Å². The second kappa shape index (κ2) is 5.84. The monoisotopic (exact) mass is 234 g/mol. The minimum absolute atomic E-state index is 0.174. The second-order valence-corrected chi connectivity index (χ2v) is 3.56. The number of carbonyl (C=O) groups excluding carboxylic acids is 1. The predicted octanol–water partition coefficient (Wildman–Crippen LogP) is 2.27. The number of ether oxygens (including phenoxy) is 1. The van der Waals surface area contributed by atoms with Crippen LogP contribution in [0.5, 0.6) is 0 Å². The van der Waals surface area contributed by atoms with Crippen LogP contribution >= 0.6 is 0 Å². The summed E-state index contributed by atoms with van der Waals surface area (Å²) in [6.45, 7) is 1.88. The van der Waals surface area contributed by atoms with E-state index in [0.717, 1.165) is 11.1 Å². The molecule has 0 heterocycles. The molecule has 17 heavy (non-hydrogen) atoms. The zero-order valence-electron chi connectivity index (χ0n) is 9.77. The summed E-state index contributed by atoms with van der Waals surface area (Å²) in [5.41, 5.74) is 1.97. The molecular formula is C13H14O4. The fourth-order valence-corrected chi connectivity index (χ4v) is 1.32. The Labute approximate surface area is 99.5 Å². The van der Waals surface area contributed by atoms with E-state index in [1.165, 1.54) is 7.11 Å². The highest BCUT2D eigenvalue weighted by atomic mass is 16.5. The number of aryl methyl sites for hydroxylation is 1. The summed E-state index contributed by atoms with van der Waals surface area (Å²) in [5.74, 6) is -1.29. The summed E-state index contributed by atoms with van der Waals surface area (Å²) in [6, 6.07) is 4.86. The van der Waals surface area contributed by atoms with E-state index in [0.29, 0.717) is 0 Å². The van der Waals surface area contributed by atoms with Crippen LogP contribution < -0.4 is 0 Å². The van der Waals surface area contributed by atoms with E-state index in [4.69, 9.17) is 5.11 Å². The third-order valence-corrected chi connectivity index (χ3v) is 2.34. The number of benzene rings is 1. The summed E-state index contributed by atoms with van der Waals surface area (Å²) >= 11 is 0. The summed E-state index contributed by atoms with van der Waals surface area (Å²) in [4.78, 5) is 21.7. The molecule has 0 spiro atoms. The maximum atomic E-state index is 10.9. The number of hydrogen-bond acceptors (Lipinski definition) is 3. The zero-order valence-corrected chi connectivity index (χ0v) is 9.77. The maximum Gasteiger partial charge on any atom is 0.335 e. The van der Waals surface area contributed by atoms with Crippen molar-refractivity contribution in [3.63, 3.8) is 0 Å². The summed E-state index contributed by atoms with van der Waals surface area (Å²) in [5, 5.41) is 8.85. The molecule has 1 rings (SSSR count). The molecule has 0 aliphatic rings. The van der Waals surface area contributed by atoms with Crippen LogP contribution in [0.25, 0.3) is 6.08 Å². The Balaban J connectivity index is 2.86. The molecule has 0 aliphatic heterocycles. The van der Waals surface area contributed by atoms with Crippen molar-refractivity contribution in [2.75, 3.05) is 7.11 Å². The Hall–Kier alpha value is -2.10. The van der Waals surface area contributed by atoms with Crippen molar-refractivity contribution >= 4 is 18.0 Å². The lowest BCUT2D eigenvalue weighted by Gasteiger charge is -2.02. The van der Waals surface area contributed by atoms with E-state index in [2.05, 4.69) is 4.74 Å². The van der Waals surface area contributed by atoms with Gasteiger partial charge < -0.3 is 9.84 Å². The molecule has 90 valence electrons. The summed E-state index contributed by atoms with van der Waals surface area (Å²) in [7, 11) is 1.33. The van der Waals surface area contributed by atoms with Gasteiger partial charge in [0, 0.05) is 0 Å². The smallest absolute Gasteiger partial charge is 0.335 e. The highest BCUT2D eigenvalue weighted by molar-refractivity contribution is 5.88. The molecule has 0 radical (unpaired) electrons. The highest BCUT2D eigenvalue weighted by Gasteiger charge is 2.04. The number of esters is 1. The van der Waals surface area contributed by atoms with Crippen LogP contribution in [0.3, 0.4) is 0 Å². The van der Waals surface area contributed by atoms with Crippen LogP contribution in [0, 0.1) is 6.92 Å². The SMILES string of the molecule is COC(=O)CC=Cc1cc(C(=O)O)ccc1C. The van der Waals surface area contributed by atoms with Gasteiger partial charge in [-0.1, -0.05) is 18.2 Å². The molecule has 1 N–H and O–H groups in total. The van der Waals surface area contributed by atoms with Crippen LogP contribution in [0.2, 0.25) is 0 Å². The molecule has 0 aromatic heterocycles. The number of aromatic carboxylic acids is 1. The molecule has 0 fully saturated rings. The maximum absolute atomic E-state index is 10.9. The van der Waals surface area contributed by atoms with E-state index in [1.54, 1.807) is 30.4 Å². The van der Waals surface area contributed by atoms with Crippen molar-refractivity contribution in [1.29, 1.82) is 0 Å². The molecule has 4 heteroatoms. The third kappa shape index (κ3) is 3.75. The fraction of sp³-hybridized carbons (Fsp3) is 0.231. The number of hydrogen-bond donors (Lipinski definition) is 1. The van der Waals surface area contributed by atoms with Crippen molar-refractivity contribution in [3.8, 4) is 0 Å². The van der Waals surface area contributed by atoms with E-state index in [-0.39, 0.29) is 18.0 Å². The summed E-state index contributed by atoms with van der Waals surface area (Å²) < 4.78 is 4.50. The molecule has 0 unspecified atom stereocenters. The predicted molar refractivity (Wildman–Crippen MR) is 63.8 cm³/mol. The number of carboxylic acids is 1. The zero-order chi connectivity index (χ0) is 12.8. The second-order valence-electron chi connectivity index (χ2n) is 3.56. The van der Waals surface area contributed by atoms with Crippen LogP contribution in [-0.2, 0) is 9.53 Å². The van der Waals surface area contributed by atoms with Crippen molar-refractivity contribution in [1.82, 2.24) is 0 Å². The van der Waals surface area contributed by atoms with Gasteiger partial charge in [0.25, 0.3) is 0 Å². The first-order valence-corrected chi connectivity index (χ1v) is 5.12. The van der Waals surface area contributed by atoms with Gasteiger partial charge in [-0.25, -0.2) is 4.79 Å². The van der Waals surface area contributed by atoms with E-state index < -0.39 is 5.97 Å². The molecule has 1 aromatic rings. The molecule has 0 aliphatic carbocycles. The van der Waals surface area contributed by atoms with Gasteiger partial charge in [0.2, 0.25) is 0 Å². The number of carboxylic acid groups (broad SMARTS) is 1. The minimum atomic E-state index is -0.965. The molecule has 0 saturated heterocycles. The van der Waals surface area contributed by atoms with E-state index in [9.17, 15) is 9.59 Å². The van der Waals surface area contributed by atoms with E-state index >= 15 is 0 Å². The largest absolute Gasteiger partial charge is 0.478 e. The standard InChI is InChI=1S/C13H14O4/c1-9-6-7-11(13(15)16)8-10(9)4-3-5-12(14)17-2/h3-4,6-8H,5H2,1-2H3,(H,15,16). The topological polar surface area (TPSA) is 63.6 Å². The highest BCUT2D eigenvalue weighted by Crippen LogP contribution is 2.13. The van der Waals surface area contributed by atoms with Gasteiger partial charge in [0.1, 0.15) is 0 Å². The van der Waals surface area contributed by atoms with Crippen LogP contribution in [0.15, 0.2) is 24.3 Å². The summed E-state index contributed by atoms with van der Waals surface area (Å²) in [6.07, 6.45) is 3.55. The Bertz CT molecular complexity index is 460. The first-order chi connectivity index (χ1) is 8.04. The Morgan fingerprint density at radius 2 is 2.12 bits per heavy atom. The van der Waals surface area contributed by atoms with Gasteiger partial charge >= 0.3 is 11.9 Å². The van der Waals surface area contributed by atoms with Crippen molar-refractivity contribution in [2.45, 2.75) is 13.3 Å². The van der Waals surface area contributed by atoms with Gasteiger partial charge in [0.15, 0.2) is 0 Å². The molecule has 0 amide bonds. The Morgan fingerprint density at radius 1 is 1.41 bits per heavy atom. The lowest BCUT2D eigenvalue weighted by Crippen LogP contribution is -1.98. The molecule has 0 bridgehead atoms. The molecule has 0 atom stereocenters. The van der Waals surface area contributed by atoms with Crippen molar-refractivity contribution in [3.05, 3.63) is 41.0 Å². The number of methoxy groups -OCH3 is 1. The number of rotatable bonds is 4. The molecule has 1 aromatic carbocycles. The van der Waals surface area contributed by atoms with Gasteiger partial charge in [-0.2, -0.15) is 0 Å². The Kier molecular flexibility index (Phi) is 4.46. The van der Waals surface area contributed by atoms with Gasteiger partial charge in [-0.15, -0.1) is 0 Å². The van der Waals surface area contributed by atoms with Crippen LogP contribution in [-0.4, -0.2) is 24.2 Å². The Morgan fingerprint density at radius 3 is 2.71 bits per heavy atom. The van der Waals surface area contributed by atoms with Gasteiger partial charge in [-0.3, -0.25) is 4.79 Å². The van der Waals surface area contributed by atoms with Crippen LogP contribution in [0.1, 0.15) is 27.9 Å². The molecular weight excluding hydrogens is 220 g/mol. The first-order valence-electron chi connectivity index (χ1n) is 5.12. The van der Waals surface area contributed by atoms with Gasteiger partial charge in [-0.05, 0) is 30.2 Å². The lowest BCUT2D eigenvalue weighted by molar-refractivity contribution is -0.139. The van der Waals surface area contributed by atoms with Crippen molar-refractivity contribution < 1.29 is 19.4 Å². The quantitative estimate of drug-likeness (QED) is 0.812. The first kappa shape index (κ1) is 13.0. The number of carbonyl (C=O) groups is 2. The van der Waals surface area contributed by atoms with Crippen molar-refractivity contribution in [2.24, 2.45) is 0 Å². The van der Waals surface area contributed by atoms with Crippen LogP contribution in [0.4, 0.5) is 0 Å². The average Bonchev–Trinajstić information content (AvgIpc) is 2.30. The fourth-order valence-electron chi connectivity index (χ4n) is 1.32. The lowest BCUT2D eigenvalue weighted by atomic mass is 10.0. The molecule has 0 saturated carbocycles. The molecule has 4 nitrogen and oxygen atoms in total. The van der Waals surface area contributed by atoms with Gasteiger partial charge in [0.05, 0.1) is 19.1 Å².